The Morgan fingerprint density at radius 3 is 2.71 bits per heavy atom. The van der Waals surface area contributed by atoms with E-state index in [-0.39, 0.29) is 17.3 Å². The largest absolute Gasteiger partial charge is 0.494 e. The smallest absolute Gasteiger partial charge is 0.404 e. The summed E-state index contributed by atoms with van der Waals surface area (Å²) in [5.41, 5.74) is 3.78. The van der Waals surface area contributed by atoms with Gasteiger partial charge in [-0.25, -0.2) is 27.4 Å². The second-order valence-electron chi connectivity index (χ2n) is 10.5. The van der Waals surface area contributed by atoms with Crippen LogP contribution < -0.4 is 20.1 Å². The van der Waals surface area contributed by atoms with Crippen molar-refractivity contribution in [1.82, 2.24) is 34.7 Å². The van der Waals surface area contributed by atoms with Crippen molar-refractivity contribution in [2.24, 2.45) is 0 Å². The molecule has 2 aliphatic carbocycles. The Bertz CT molecular complexity index is 1940. The minimum Gasteiger partial charge on any atom is -0.494 e. The summed E-state index contributed by atoms with van der Waals surface area (Å²) in [6.07, 6.45) is 8.48. The number of carbonyl (C=O) groups is 1. The van der Waals surface area contributed by atoms with E-state index in [4.69, 9.17) is 19.9 Å². The first-order valence-corrected chi connectivity index (χ1v) is 15.0. The molecule has 0 radical (unpaired) electrons. The van der Waals surface area contributed by atoms with Gasteiger partial charge in [-0.05, 0) is 49.9 Å². The molecule has 2 aliphatic rings. The zero-order chi connectivity index (χ0) is 29.0. The van der Waals surface area contributed by atoms with Crippen LogP contribution in [-0.2, 0) is 10.0 Å². The van der Waals surface area contributed by atoms with Crippen LogP contribution in [0, 0.1) is 0 Å². The molecule has 0 spiro atoms. The quantitative estimate of drug-likeness (QED) is 0.199. The standard InChI is InChI=1S/C27H27N9O5S/c1-41-24-11-15(34-42(39,40)18-4-5-18)3-6-22(24)36-23-12-21(19-14-30-35-8-2-7-28-26(19)35)29-13-20(23)25(33-36)31-16-9-17(10-16)32-27(37)38/h2-3,6-8,11-14,16-18,32,34H,4-5,9-10H2,1H3,(H,31,33)(H,37,38)/t16-,17+. The predicted molar refractivity (Wildman–Crippen MR) is 155 cm³/mol. The van der Waals surface area contributed by atoms with E-state index in [0.29, 0.717) is 60.0 Å². The first-order valence-electron chi connectivity index (χ1n) is 13.4. The number of hydrogen-bond donors (Lipinski definition) is 4. The number of rotatable bonds is 9. The highest BCUT2D eigenvalue weighted by atomic mass is 32.2. The predicted octanol–water partition coefficient (Wildman–Crippen LogP) is 3.25. The number of carboxylic acid groups (broad SMARTS) is 1. The molecular formula is C27H27N9O5S. The summed E-state index contributed by atoms with van der Waals surface area (Å²) in [5, 5.41) is 24.6. The van der Waals surface area contributed by atoms with Crippen molar-refractivity contribution in [3.05, 3.63) is 55.1 Å². The molecule has 2 saturated carbocycles. The van der Waals surface area contributed by atoms with E-state index in [0.717, 1.165) is 16.5 Å². The third-order valence-corrected chi connectivity index (χ3v) is 9.43. The molecule has 0 unspecified atom stereocenters. The van der Waals surface area contributed by atoms with E-state index in [1.807, 2.05) is 12.3 Å². The van der Waals surface area contributed by atoms with Crippen molar-refractivity contribution in [3.8, 4) is 22.7 Å². The van der Waals surface area contributed by atoms with E-state index in [1.54, 1.807) is 52.1 Å². The molecular weight excluding hydrogens is 562 g/mol. The van der Waals surface area contributed by atoms with Gasteiger partial charge in [0.15, 0.2) is 11.5 Å². The van der Waals surface area contributed by atoms with E-state index >= 15 is 0 Å². The number of amides is 1. The lowest BCUT2D eigenvalue weighted by atomic mass is 9.87. The summed E-state index contributed by atoms with van der Waals surface area (Å²) in [6.45, 7) is 0. The van der Waals surface area contributed by atoms with Crippen molar-refractivity contribution in [3.63, 3.8) is 0 Å². The number of anilines is 2. The number of aromatic nitrogens is 6. The van der Waals surface area contributed by atoms with Gasteiger partial charge in [0.2, 0.25) is 10.0 Å². The Labute approximate surface area is 239 Å². The van der Waals surface area contributed by atoms with Crippen LogP contribution in [0.3, 0.4) is 0 Å². The van der Waals surface area contributed by atoms with E-state index in [1.165, 1.54) is 7.11 Å². The van der Waals surface area contributed by atoms with Crippen molar-refractivity contribution < 1.29 is 23.1 Å². The van der Waals surface area contributed by atoms with Crippen molar-refractivity contribution in [1.29, 1.82) is 0 Å². The lowest BCUT2D eigenvalue weighted by molar-refractivity contribution is 0.180. The summed E-state index contributed by atoms with van der Waals surface area (Å²) in [7, 11) is -1.93. The van der Waals surface area contributed by atoms with Crippen molar-refractivity contribution in [2.75, 3.05) is 17.1 Å². The van der Waals surface area contributed by atoms with Crippen molar-refractivity contribution >= 4 is 44.2 Å². The molecule has 4 aromatic heterocycles. The number of sulfonamides is 1. The first-order chi connectivity index (χ1) is 20.3. The Balaban J connectivity index is 1.30. The van der Waals surface area contributed by atoms with Crippen LogP contribution in [0.25, 0.3) is 33.5 Å². The number of hydrogen-bond acceptors (Lipinski definition) is 9. The van der Waals surface area contributed by atoms with E-state index in [2.05, 4.69) is 25.4 Å². The average Bonchev–Trinajstić information content (AvgIpc) is 3.65. The fourth-order valence-electron chi connectivity index (χ4n) is 5.22. The maximum absolute atomic E-state index is 12.5. The van der Waals surface area contributed by atoms with Crippen LogP contribution in [-0.4, -0.2) is 73.4 Å². The molecule has 0 atom stereocenters. The van der Waals surface area contributed by atoms with Crippen LogP contribution in [0.1, 0.15) is 25.7 Å². The lowest BCUT2D eigenvalue weighted by Crippen LogP contribution is -2.49. The zero-order valence-corrected chi connectivity index (χ0v) is 23.2. The average molecular weight is 590 g/mol. The van der Waals surface area contributed by atoms with Crippen LogP contribution in [0.5, 0.6) is 5.75 Å². The van der Waals surface area contributed by atoms with Gasteiger partial charge in [-0.15, -0.1) is 5.10 Å². The van der Waals surface area contributed by atoms with Crippen LogP contribution in [0.15, 0.2) is 55.1 Å². The highest BCUT2D eigenvalue weighted by Gasteiger charge is 2.36. The summed E-state index contributed by atoms with van der Waals surface area (Å²) < 4.78 is 36.8. The highest BCUT2D eigenvalue weighted by Crippen LogP contribution is 2.36. The molecule has 0 saturated heterocycles. The summed E-state index contributed by atoms with van der Waals surface area (Å²) in [4.78, 5) is 20.2. The molecule has 4 N–H and O–H groups in total. The highest BCUT2D eigenvalue weighted by molar-refractivity contribution is 7.93. The Morgan fingerprint density at radius 2 is 1.95 bits per heavy atom. The second-order valence-corrected chi connectivity index (χ2v) is 12.4. The molecule has 4 heterocycles. The second kappa shape index (κ2) is 9.87. The van der Waals surface area contributed by atoms with Crippen molar-refractivity contribution in [2.45, 2.75) is 43.0 Å². The zero-order valence-electron chi connectivity index (χ0n) is 22.4. The summed E-state index contributed by atoms with van der Waals surface area (Å²) in [6, 6.07) is 8.69. The minimum atomic E-state index is -3.45. The monoisotopic (exact) mass is 589 g/mol. The Hall–Kier alpha value is -4.92. The lowest BCUT2D eigenvalue weighted by Gasteiger charge is -2.35. The number of nitrogens with zero attached hydrogens (tertiary/aromatic N) is 6. The number of benzene rings is 1. The molecule has 216 valence electrons. The maximum atomic E-state index is 12.5. The molecule has 42 heavy (non-hydrogen) atoms. The molecule has 7 rings (SSSR count). The number of pyridine rings is 1. The van der Waals surface area contributed by atoms with Crippen LogP contribution >= 0.6 is 0 Å². The van der Waals surface area contributed by atoms with Gasteiger partial charge >= 0.3 is 6.09 Å². The number of fused-ring (bicyclic) bond motifs is 2. The maximum Gasteiger partial charge on any atom is 0.404 e. The number of ether oxygens (including phenoxy) is 1. The van der Waals surface area contributed by atoms with Gasteiger partial charge in [0, 0.05) is 36.7 Å². The third-order valence-electron chi connectivity index (χ3n) is 7.56. The molecule has 14 nitrogen and oxygen atoms in total. The van der Waals surface area contributed by atoms with Gasteiger partial charge in [0.05, 0.1) is 46.4 Å². The van der Waals surface area contributed by atoms with Crippen LogP contribution in [0.2, 0.25) is 0 Å². The Kier molecular flexibility index (Phi) is 6.11. The fourth-order valence-corrected chi connectivity index (χ4v) is 6.60. The molecule has 0 bridgehead atoms. The van der Waals surface area contributed by atoms with E-state index < -0.39 is 16.1 Å². The fraction of sp³-hybridized carbons (Fsp3) is 0.296. The molecule has 0 aliphatic heterocycles. The van der Waals surface area contributed by atoms with Gasteiger partial charge in [-0.2, -0.15) is 5.10 Å². The van der Waals surface area contributed by atoms with E-state index in [9.17, 15) is 13.2 Å². The number of nitrogens with one attached hydrogen (secondary N) is 3. The molecule has 5 aromatic rings. The molecule has 15 heteroatoms. The topological polar surface area (TPSA) is 178 Å². The third kappa shape index (κ3) is 4.70. The summed E-state index contributed by atoms with van der Waals surface area (Å²) >= 11 is 0. The Morgan fingerprint density at radius 1 is 1.12 bits per heavy atom. The van der Waals surface area contributed by atoms with Gasteiger partial charge in [0.25, 0.3) is 0 Å². The number of methoxy groups -OCH3 is 1. The summed E-state index contributed by atoms with van der Waals surface area (Å²) in [5.74, 6) is 1.01. The SMILES string of the molecule is COc1cc(NS(=O)(=O)C2CC2)ccc1-n1nc(N[C@H]2C[C@@H](NC(=O)O)C2)c2cnc(-c3cnn4cccnc34)cc21. The first kappa shape index (κ1) is 26.0. The van der Waals surface area contributed by atoms with Gasteiger partial charge < -0.3 is 20.5 Å². The van der Waals surface area contributed by atoms with Gasteiger partial charge in [0.1, 0.15) is 11.4 Å². The normalized spacial score (nSPS) is 18.5. The molecule has 1 amide bonds. The minimum absolute atomic E-state index is 0.0259. The van der Waals surface area contributed by atoms with Crippen LogP contribution in [0.4, 0.5) is 16.3 Å². The van der Waals surface area contributed by atoms with Gasteiger partial charge in [-0.1, -0.05) is 0 Å². The molecule has 2 fully saturated rings. The molecule has 1 aromatic carbocycles. The van der Waals surface area contributed by atoms with Gasteiger partial charge in [-0.3, -0.25) is 9.71 Å².